The van der Waals surface area contributed by atoms with Crippen LogP contribution in [0.15, 0.2) is 27.2 Å². The second kappa shape index (κ2) is 17.8. The van der Waals surface area contributed by atoms with Gasteiger partial charge in [-0.15, -0.1) is 0 Å². The van der Waals surface area contributed by atoms with E-state index in [1.54, 1.807) is 0 Å². The lowest BCUT2D eigenvalue weighted by Crippen LogP contribution is -2.61. The minimum atomic E-state index is -1.92. The van der Waals surface area contributed by atoms with Gasteiger partial charge in [0.05, 0.1) is 45.3 Å². The fourth-order valence-electron chi connectivity index (χ4n) is 4.13. The first kappa shape index (κ1) is 37.4. The van der Waals surface area contributed by atoms with Crippen molar-refractivity contribution in [2.24, 2.45) is 0 Å². The highest BCUT2D eigenvalue weighted by molar-refractivity contribution is 9.14. The van der Waals surface area contributed by atoms with Crippen molar-refractivity contribution in [1.29, 1.82) is 0 Å². The number of aliphatic hydroxyl groups is 4. The first-order chi connectivity index (χ1) is 21.8. The number of hydrogen-bond acceptors (Lipinski definition) is 13. The number of amides is 4. The maximum Gasteiger partial charge on any atom is 0.335 e. The van der Waals surface area contributed by atoms with Gasteiger partial charge in [-0.1, -0.05) is 6.07 Å². The van der Waals surface area contributed by atoms with Crippen LogP contribution in [-0.2, 0) is 44.8 Å². The molecule has 0 radical (unpaired) electrons. The number of halogens is 2. The lowest BCUT2D eigenvalue weighted by Gasteiger charge is -2.38. The van der Waals surface area contributed by atoms with Crippen LogP contribution in [0.2, 0.25) is 0 Å². The highest BCUT2D eigenvalue weighted by Gasteiger charge is 2.48. The molecule has 0 unspecified atom stereocenters. The minimum absolute atomic E-state index is 0.00422. The summed E-state index contributed by atoms with van der Waals surface area (Å²) in [6, 6.07) is 4.12. The van der Waals surface area contributed by atoms with Gasteiger partial charge in [0.25, 0.3) is 11.8 Å². The predicted molar refractivity (Wildman–Crippen MR) is 161 cm³/mol. The van der Waals surface area contributed by atoms with Crippen molar-refractivity contribution in [3.8, 4) is 5.75 Å². The van der Waals surface area contributed by atoms with Gasteiger partial charge in [0.2, 0.25) is 18.1 Å². The van der Waals surface area contributed by atoms with Crippen LogP contribution in [0.1, 0.15) is 18.4 Å². The van der Waals surface area contributed by atoms with Gasteiger partial charge in [-0.2, -0.15) is 0 Å². The summed E-state index contributed by atoms with van der Waals surface area (Å²) >= 11 is 6.08. The number of carbonyl (C=O) groups is 5. The van der Waals surface area contributed by atoms with Crippen molar-refractivity contribution >= 4 is 67.1 Å². The van der Waals surface area contributed by atoms with E-state index in [9.17, 15) is 49.5 Å². The molecule has 1 aromatic rings. The molecule has 0 aliphatic carbocycles. The number of nitrogens with zero attached hydrogens (tertiary/aromatic N) is 1. The van der Waals surface area contributed by atoms with Gasteiger partial charge in [0.1, 0.15) is 33.0 Å². The number of aliphatic hydroxyl groups excluding tert-OH is 4. The lowest BCUT2D eigenvalue weighted by molar-refractivity contribution is -0.271. The molecule has 0 spiro atoms. The molecule has 0 aromatic heterocycles. The summed E-state index contributed by atoms with van der Waals surface area (Å²) in [7, 11) is 0. The van der Waals surface area contributed by atoms with Crippen LogP contribution in [0.3, 0.4) is 0 Å². The van der Waals surface area contributed by atoms with E-state index < -0.39 is 61.0 Å². The standard InChI is InChI=1S/C27H33Br2N3O14/c28-18-19(29)25(40)32(24(18)39)6-8-44-10-9-43-7-4-16(34)30-5-3-17(35)31-14-11-13(12-33)1-2-15(14)45-27-22(38)20(36)21(37)23(46-27)26(41)42/h1-2,11,20-23,27,33,36-38H,3-10,12H2,(H,30,34)(H,31,35)(H,41,42)/t20-,21-,22+,23-,27+/m0/s1. The van der Waals surface area contributed by atoms with Crippen LogP contribution in [-0.4, -0.2) is 130 Å². The monoisotopic (exact) mass is 781 g/mol. The number of imide groups is 1. The molecule has 1 fully saturated rings. The van der Waals surface area contributed by atoms with E-state index in [-0.39, 0.29) is 78.7 Å². The van der Waals surface area contributed by atoms with Gasteiger partial charge in [-0.25, -0.2) is 4.79 Å². The van der Waals surface area contributed by atoms with E-state index >= 15 is 0 Å². The van der Waals surface area contributed by atoms with Crippen LogP contribution in [0, 0.1) is 0 Å². The van der Waals surface area contributed by atoms with Gasteiger partial charge < -0.3 is 55.1 Å². The van der Waals surface area contributed by atoms with Crippen LogP contribution in [0.5, 0.6) is 5.75 Å². The summed E-state index contributed by atoms with van der Waals surface area (Å²) < 4.78 is 21.6. The molecule has 1 aromatic carbocycles. The van der Waals surface area contributed by atoms with E-state index in [4.69, 9.17) is 18.9 Å². The lowest BCUT2D eigenvalue weighted by atomic mass is 9.99. The number of rotatable bonds is 17. The Morgan fingerprint density at radius 3 is 2.17 bits per heavy atom. The first-order valence-corrected chi connectivity index (χ1v) is 15.4. The molecule has 4 amide bonds. The van der Waals surface area contributed by atoms with E-state index in [0.29, 0.717) is 5.56 Å². The predicted octanol–water partition coefficient (Wildman–Crippen LogP) is -1.31. The second-order valence-corrected chi connectivity index (χ2v) is 11.4. The highest BCUT2D eigenvalue weighted by Crippen LogP contribution is 2.31. The fraction of sp³-hybridized carbons (Fsp3) is 0.519. The smallest absolute Gasteiger partial charge is 0.335 e. The van der Waals surface area contributed by atoms with E-state index in [0.717, 1.165) is 4.90 Å². The first-order valence-electron chi connectivity index (χ1n) is 13.8. The Morgan fingerprint density at radius 2 is 1.54 bits per heavy atom. The maximum absolute atomic E-state index is 12.6. The maximum atomic E-state index is 12.6. The van der Waals surface area contributed by atoms with Gasteiger partial charge in [-0.3, -0.25) is 24.1 Å². The summed E-state index contributed by atoms with van der Waals surface area (Å²) in [4.78, 5) is 60.9. The van der Waals surface area contributed by atoms with Crippen LogP contribution < -0.4 is 15.4 Å². The van der Waals surface area contributed by atoms with Crippen molar-refractivity contribution in [3.05, 3.63) is 32.7 Å². The van der Waals surface area contributed by atoms with Crippen LogP contribution >= 0.6 is 31.9 Å². The molecule has 1 saturated heterocycles. The Kier molecular flexibility index (Phi) is 14.5. The number of ether oxygens (including phenoxy) is 4. The van der Waals surface area contributed by atoms with Crippen molar-refractivity contribution < 1.29 is 68.5 Å². The van der Waals surface area contributed by atoms with Gasteiger partial charge in [0.15, 0.2) is 6.10 Å². The molecule has 254 valence electrons. The Balaban J connectivity index is 1.35. The number of carboxylic acids is 1. The number of hydrogen-bond donors (Lipinski definition) is 7. The Labute approximate surface area is 278 Å². The number of aliphatic carboxylic acids is 1. The third-order valence-corrected chi connectivity index (χ3v) is 8.60. The largest absolute Gasteiger partial charge is 0.479 e. The van der Waals surface area contributed by atoms with E-state index in [1.807, 2.05) is 0 Å². The molecule has 19 heteroatoms. The summed E-state index contributed by atoms with van der Waals surface area (Å²) in [5.41, 5.74) is 0.402. The average Bonchev–Trinajstić information content (AvgIpc) is 3.20. The molecule has 0 bridgehead atoms. The second-order valence-electron chi connectivity index (χ2n) is 9.85. The average molecular weight is 783 g/mol. The summed E-state index contributed by atoms with van der Waals surface area (Å²) in [5.74, 6) is -3.55. The number of anilines is 1. The molecule has 0 saturated carbocycles. The number of carboxylic acid groups (broad SMARTS) is 1. The van der Waals surface area contributed by atoms with Gasteiger partial charge >= 0.3 is 5.97 Å². The molecule has 17 nitrogen and oxygen atoms in total. The van der Waals surface area contributed by atoms with Crippen molar-refractivity contribution in [1.82, 2.24) is 10.2 Å². The number of carbonyl (C=O) groups excluding carboxylic acids is 4. The zero-order valence-corrected chi connectivity index (χ0v) is 27.3. The van der Waals surface area contributed by atoms with E-state index in [1.165, 1.54) is 18.2 Å². The summed E-state index contributed by atoms with van der Waals surface area (Å²) in [6.45, 7) is 0.165. The Morgan fingerprint density at radius 1 is 0.891 bits per heavy atom. The molecular formula is C27H33Br2N3O14. The fourth-order valence-corrected chi connectivity index (χ4v) is 4.90. The molecule has 7 N–H and O–H groups in total. The zero-order chi connectivity index (χ0) is 34.0. The number of benzene rings is 1. The zero-order valence-electron chi connectivity index (χ0n) is 24.1. The number of nitrogens with one attached hydrogen (secondary N) is 2. The minimum Gasteiger partial charge on any atom is -0.479 e. The molecule has 2 heterocycles. The van der Waals surface area contributed by atoms with Crippen LogP contribution in [0.4, 0.5) is 5.69 Å². The Bertz CT molecular complexity index is 1300. The SMILES string of the molecule is O=C(CCOCCOCCN1C(=O)C(Br)=C(Br)C1=O)NCCC(=O)Nc1cc(CO)ccc1O[C@@H]1O[C@H](C(=O)O)[C@@H](O)[C@H](O)[C@H]1O. The van der Waals surface area contributed by atoms with Gasteiger partial charge in [0, 0.05) is 19.4 Å². The van der Waals surface area contributed by atoms with Crippen molar-refractivity contribution in [3.63, 3.8) is 0 Å². The molecular weight excluding hydrogens is 750 g/mol. The van der Waals surface area contributed by atoms with Gasteiger partial charge in [-0.05, 0) is 49.6 Å². The normalized spacial score (nSPS) is 23.1. The molecule has 3 rings (SSSR count). The molecule has 2 aliphatic rings. The van der Waals surface area contributed by atoms with E-state index in [2.05, 4.69) is 42.5 Å². The van der Waals surface area contributed by atoms with Crippen molar-refractivity contribution in [2.75, 3.05) is 44.8 Å². The summed E-state index contributed by atoms with van der Waals surface area (Å²) in [6.07, 6.45) is -9.42. The highest BCUT2D eigenvalue weighted by atomic mass is 79.9. The third-order valence-electron chi connectivity index (χ3n) is 6.59. The summed E-state index contributed by atoms with van der Waals surface area (Å²) in [5, 5.41) is 54.0. The molecule has 2 aliphatic heterocycles. The topological polar surface area (TPSA) is 251 Å². The quantitative estimate of drug-likeness (QED) is 0.0716. The Hall–Kier alpha value is -3.01. The van der Waals surface area contributed by atoms with Crippen molar-refractivity contribution in [2.45, 2.75) is 50.2 Å². The third kappa shape index (κ3) is 9.99. The molecule has 46 heavy (non-hydrogen) atoms. The molecule has 5 atom stereocenters. The van der Waals surface area contributed by atoms with Crippen LogP contribution in [0.25, 0.3) is 0 Å².